The molecule has 0 amide bonds. The van der Waals surface area contributed by atoms with E-state index in [1.807, 2.05) is 13.0 Å². The van der Waals surface area contributed by atoms with E-state index in [0.717, 1.165) is 5.56 Å². The Balaban J connectivity index is 1.92. The zero-order valence-electron chi connectivity index (χ0n) is 22.4. The van der Waals surface area contributed by atoms with E-state index >= 15 is 0 Å². The number of fused-ring (bicyclic) bond motifs is 1. The number of thiazole rings is 1. The summed E-state index contributed by atoms with van der Waals surface area (Å²) in [6, 6.07) is 9.38. The van der Waals surface area contributed by atoms with Gasteiger partial charge >= 0.3 is 11.9 Å². The minimum atomic E-state index is -0.856. The van der Waals surface area contributed by atoms with Crippen molar-refractivity contribution in [2.75, 3.05) is 27.9 Å². The van der Waals surface area contributed by atoms with Gasteiger partial charge in [0, 0.05) is 6.92 Å². The van der Waals surface area contributed by atoms with E-state index in [4.69, 9.17) is 23.7 Å². The fourth-order valence-electron chi connectivity index (χ4n) is 4.30. The SMILES string of the molecule is CCOc1ccc(/C=c2/sc3n(c2=O)[C@H](c2ccc(OC(C)=O)c(OC)c2)C(C(=O)OC)=C(C)N=3)cc1OC. The molecule has 1 aliphatic rings. The Morgan fingerprint density at radius 2 is 1.72 bits per heavy atom. The van der Waals surface area contributed by atoms with Crippen molar-refractivity contribution >= 4 is 29.4 Å². The van der Waals surface area contributed by atoms with Gasteiger partial charge in [0.2, 0.25) is 0 Å². The van der Waals surface area contributed by atoms with E-state index in [0.29, 0.717) is 38.7 Å². The molecule has 1 aromatic heterocycles. The van der Waals surface area contributed by atoms with Crippen LogP contribution < -0.4 is 33.8 Å². The molecular formula is C28H28N2O8S. The van der Waals surface area contributed by atoms with Gasteiger partial charge in [0.15, 0.2) is 27.8 Å². The number of aromatic nitrogens is 1. The fraction of sp³-hybridized carbons (Fsp3) is 0.286. The molecule has 10 nitrogen and oxygen atoms in total. The van der Waals surface area contributed by atoms with Gasteiger partial charge in [-0.3, -0.25) is 14.2 Å². The molecular weight excluding hydrogens is 524 g/mol. The third kappa shape index (κ3) is 5.44. The Bertz CT molecular complexity index is 1650. The Hall–Kier alpha value is -4.38. The van der Waals surface area contributed by atoms with Crippen molar-refractivity contribution in [2.45, 2.75) is 26.8 Å². The summed E-state index contributed by atoms with van der Waals surface area (Å²) in [7, 11) is 4.26. The maximum Gasteiger partial charge on any atom is 0.338 e. The summed E-state index contributed by atoms with van der Waals surface area (Å²) in [4.78, 5) is 43.2. The number of hydrogen-bond acceptors (Lipinski definition) is 10. The fourth-order valence-corrected chi connectivity index (χ4v) is 5.35. The topological polar surface area (TPSA) is 115 Å². The van der Waals surface area contributed by atoms with Crippen LogP contribution in [0.25, 0.3) is 6.08 Å². The predicted molar refractivity (Wildman–Crippen MR) is 144 cm³/mol. The molecule has 0 spiro atoms. The highest BCUT2D eigenvalue weighted by molar-refractivity contribution is 7.07. The lowest BCUT2D eigenvalue weighted by atomic mass is 9.95. The van der Waals surface area contributed by atoms with Crippen molar-refractivity contribution in [2.24, 2.45) is 4.99 Å². The van der Waals surface area contributed by atoms with Gasteiger partial charge in [0.05, 0.1) is 49.8 Å². The number of allylic oxidation sites excluding steroid dienone is 1. The van der Waals surface area contributed by atoms with E-state index in [2.05, 4.69) is 4.99 Å². The zero-order valence-corrected chi connectivity index (χ0v) is 23.2. The average Bonchev–Trinajstić information content (AvgIpc) is 3.22. The second-order valence-electron chi connectivity index (χ2n) is 8.42. The maximum absolute atomic E-state index is 13.8. The van der Waals surface area contributed by atoms with Crippen molar-refractivity contribution in [1.29, 1.82) is 0 Å². The normalized spacial score (nSPS) is 14.8. The molecule has 0 aliphatic carbocycles. The van der Waals surface area contributed by atoms with Crippen LogP contribution in [0.4, 0.5) is 0 Å². The maximum atomic E-state index is 13.8. The predicted octanol–water partition coefficient (Wildman–Crippen LogP) is 2.75. The van der Waals surface area contributed by atoms with Crippen molar-refractivity contribution in [3.63, 3.8) is 0 Å². The molecule has 0 unspecified atom stereocenters. The molecule has 0 bridgehead atoms. The first kappa shape index (κ1) is 27.6. The molecule has 1 atom stereocenters. The highest BCUT2D eigenvalue weighted by Crippen LogP contribution is 2.36. The molecule has 204 valence electrons. The molecule has 2 aromatic carbocycles. The number of rotatable bonds is 8. The van der Waals surface area contributed by atoms with Crippen LogP contribution in [0.15, 0.2) is 57.5 Å². The van der Waals surface area contributed by atoms with E-state index in [1.54, 1.807) is 50.4 Å². The lowest BCUT2D eigenvalue weighted by Gasteiger charge is -2.25. The number of carbonyl (C=O) groups is 2. The lowest BCUT2D eigenvalue weighted by molar-refractivity contribution is -0.136. The van der Waals surface area contributed by atoms with Gasteiger partial charge in [0.1, 0.15) is 0 Å². The Labute approximate surface area is 228 Å². The second kappa shape index (κ2) is 11.6. The smallest absolute Gasteiger partial charge is 0.338 e. The average molecular weight is 553 g/mol. The molecule has 0 saturated heterocycles. The Morgan fingerprint density at radius 3 is 2.36 bits per heavy atom. The molecule has 0 N–H and O–H groups in total. The largest absolute Gasteiger partial charge is 0.493 e. The van der Waals surface area contributed by atoms with Gasteiger partial charge in [0.25, 0.3) is 5.56 Å². The lowest BCUT2D eigenvalue weighted by Crippen LogP contribution is -2.39. The standard InChI is InChI=1S/C28H28N2O8S/c1-7-37-19-10-8-17(12-21(19)34-4)13-23-26(32)30-25(24(27(33)36-6)15(2)29-28(30)39-23)18-9-11-20(38-16(3)31)22(14-18)35-5/h8-14,25H,7H2,1-6H3/b23-13+/t25-/m1/s1. The molecule has 39 heavy (non-hydrogen) atoms. The van der Waals surface area contributed by atoms with E-state index in [-0.39, 0.29) is 22.6 Å². The van der Waals surface area contributed by atoms with Gasteiger partial charge in [-0.15, -0.1) is 0 Å². The molecule has 4 rings (SSSR count). The summed E-state index contributed by atoms with van der Waals surface area (Å²) in [6.45, 7) is 5.35. The highest BCUT2D eigenvalue weighted by atomic mass is 32.1. The number of benzene rings is 2. The van der Waals surface area contributed by atoms with Crippen LogP contribution in [-0.4, -0.2) is 44.4 Å². The summed E-state index contributed by atoms with van der Waals surface area (Å²) in [5.41, 5.74) is 1.57. The molecule has 0 radical (unpaired) electrons. The molecule has 3 aromatic rings. The first-order valence-electron chi connectivity index (χ1n) is 12.0. The summed E-state index contributed by atoms with van der Waals surface area (Å²) in [5.74, 6) is 0.500. The quantitative estimate of drug-likeness (QED) is 0.310. The first-order valence-corrected chi connectivity index (χ1v) is 12.8. The van der Waals surface area contributed by atoms with Crippen LogP contribution in [0, 0.1) is 0 Å². The first-order chi connectivity index (χ1) is 18.7. The molecule has 2 heterocycles. The monoisotopic (exact) mass is 552 g/mol. The summed E-state index contributed by atoms with van der Waals surface area (Å²) in [6.07, 6.45) is 1.74. The second-order valence-corrected chi connectivity index (χ2v) is 9.43. The molecule has 11 heteroatoms. The van der Waals surface area contributed by atoms with Crippen LogP contribution in [0.1, 0.15) is 37.9 Å². The van der Waals surface area contributed by atoms with Crippen molar-refractivity contribution in [1.82, 2.24) is 4.57 Å². The van der Waals surface area contributed by atoms with Gasteiger partial charge in [-0.25, -0.2) is 9.79 Å². The van der Waals surface area contributed by atoms with Gasteiger partial charge in [-0.2, -0.15) is 0 Å². The Morgan fingerprint density at radius 1 is 1.03 bits per heavy atom. The van der Waals surface area contributed by atoms with Gasteiger partial charge in [-0.05, 0) is 55.3 Å². The van der Waals surface area contributed by atoms with Gasteiger partial charge in [-0.1, -0.05) is 23.5 Å². The number of hydrogen-bond donors (Lipinski definition) is 0. The van der Waals surface area contributed by atoms with Crippen LogP contribution >= 0.6 is 11.3 Å². The third-order valence-electron chi connectivity index (χ3n) is 5.97. The van der Waals surface area contributed by atoms with Crippen LogP contribution in [0.2, 0.25) is 0 Å². The van der Waals surface area contributed by atoms with Crippen LogP contribution in [-0.2, 0) is 14.3 Å². The van der Waals surface area contributed by atoms with E-state index in [1.165, 1.54) is 37.0 Å². The molecule has 0 fully saturated rings. The Kier molecular flexibility index (Phi) is 8.20. The van der Waals surface area contributed by atoms with Crippen LogP contribution in [0.3, 0.4) is 0 Å². The summed E-state index contributed by atoms with van der Waals surface area (Å²) in [5, 5.41) is 0. The van der Waals surface area contributed by atoms with Crippen LogP contribution in [0.5, 0.6) is 23.0 Å². The summed E-state index contributed by atoms with van der Waals surface area (Å²) >= 11 is 1.20. The zero-order chi connectivity index (χ0) is 28.3. The minimum absolute atomic E-state index is 0.210. The number of methoxy groups -OCH3 is 3. The van der Waals surface area contributed by atoms with Crippen molar-refractivity contribution in [3.8, 4) is 23.0 Å². The van der Waals surface area contributed by atoms with Crippen molar-refractivity contribution < 1.29 is 33.3 Å². The van der Waals surface area contributed by atoms with E-state index in [9.17, 15) is 14.4 Å². The number of ether oxygens (including phenoxy) is 5. The minimum Gasteiger partial charge on any atom is -0.493 e. The van der Waals surface area contributed by atoms with Crippen molar-refractivity contribution in [3.05, 3.63) is 78.5 Å². The molecule has 0 saturated carbocycles. The number of carbonyl (C=O) groups excluding carboxylic acids is 2. The summed E-state index contributed by atoms with van der Waals surface area (Å²) < 4.78 is 28.6. The van der Waals surface area contributed by atoms with Gasteiger partial charge < -0.3 is 23.7 Å². The third-order valence-corrected chi connectivity index (χ3v) is 6.95. The number of esters is 2. The number of nitrogens with zero attached hydrogens (tertiary/aromatic N) is 2. The van der Waals surface area contributed by atoms with E-state index < -0.39 is 18.0 Å². The highest BCUT2D eigenvalue weighted by Gasteiger charge is 2.33. The molecule has 1 aliphatic heterocycles.